The molecular weight excluding hydrogens is 416 g/mol. The van der Waals surface area contributed by atoms with Gasteiger partial charge in [0.2, 0.25) is 11.8 Å². The van der Waals surface area contributed by atoms with Crippen LogP contribution in [0.25, 0.3) is 0 Å². The second kappa shape index (κ2) is 10.6. The Hall–Kier alpha value is -2.41. The van der Waals surface area contributed by atoms with Gasteiger partial charge in [-0.2, -0.15) is 0 Å². The lowest BCUT2D eigenvalue weighted by molar-refractivity contribution is -0.133. The van der Waals surface area contributed by atoms with Crippen LogP contribution in [0.1, 0.15) is 21.6 Å². The molecule has 1 saturated heterocycles. The summed E-state index contributed by atoms with van der Waals surface area (Å²) in [5.41, 5.74) is -0.851. The molecule has 1 aliphatic heterocycles. The van der Waals surface area contributed by atoms with Gasteiger partial charge >= 0.3 is 0 Å². The number of Topliss-reactive ketones (excluding diaryl/α,β-unsaturated/α-hetero) is 1. The van der Waals surface area contributed by atoms with Gasteiger partial charge in [-0.1, -0.05) is 0 Å². The van der Waals surface area contributed by atoms with E-state index in [0.717, 1.165) is 0 Å². The number of ether oxygens (including phenoxy) is 3. The Morgan fingerprint density at radius 2 is 1.77 bits per heavy atom. The fourth-order valence-corrected chi connectivity index (χ4v) is 3.09. The largest absolute Gasteiger partial charge is 0.382 e. The second-order valence-electron chi connectivity index (χ2n) is 6.90. The maximum atomic E-state index is 12.7. The molecule has 3 amide bonds. The van der Waals surface area contributed by atoms with E-state index in [0.29, 0.717) is 16.5 Å². The normalized spacial score (nSPS) is 19.5. The number of carbonyl (C=O) groups excluding carboxylic acids is 4. The van der Waals surface area contributed by atoms with E-state index in [2.05, 4.69) is 20.9 Å². The highest BCUT2D eigenvalue weighted by Crippen LogP contribution is 2.26. The molecule has 11 nitrogen and oxygen atoms in total. The predicted molar refractivity (Wildman–Crippen MR) is 106 cm³/mol. The lowest BCUT2D eigenvalue weighted by Crippen LogP contribution is -2.57. The number of rotatable bonds is 12. The summed E-state index contributed by atoms with van der Waals surface area (Å²) in [6.45, 7) is 3.26. The SMILES string of the molecule is COC[C@H](NC(=O)c1cnc(C)s1)C(=O)N[C@@H](COC)C(=O)NCC(=O)[C@@]1(C)CO1. The molecule has 1 aromatic heterocycles. The summed E-state index contributed by atoms with van der Waals surface area (Å²) in [6.07, 6.45) is 1.42. The molecule has 2 rings (SSSR count). The standard InChI is InChI=1S/C18H26N4O7S/c1-10-19-5-13(30-10)17(26)22-12(8-28-4)16(25)21-11(7-27-3)15(24)20-6-14(23)18(2)9-29-18/h5,11-12H,6-9H2,1-4H3,(H,20,24)(H,21,25)(H,22,26)/t11-,12-,18+/m0/s1. The first kappa shape index (κ1) is 23.9. The summed E-state index contributed by atoms with van der Waals surface area (Å²) in [7, 11) is 2.76. The third-order valence-electron chi connectivity index (χ3n) is 4.36. The molecule has 0 unspecified atom stereocenters. The molecule has 2 heterocycles. The number of methoxy groups -OCH3 is 2. The Balaban J connectivity index is 1.96. The van der Waals surface area contributed by atoms with Crippen molar-refractivity contribution >= 4 is 34.8 Å². The van der Waals surface area contributed by atoms with Crippen LogP contribution in [0.2, 0.25) is 0 Å². The van der Waals surface area contributed by atoms with Crippen molar-refractivity contribution in [3.63, 3.8) is 0 Å². The predicted octanol–water partition coefficient (Wildman–Crippen LogP) is -1.20. The van der Waals surface area contributed by atoms with Crippen molar-refractivity contribution in [1.29, 1.82) is 0 Å². The van der Waals surface area contributed by atoms with Crippen LogP contribution in [0.5, 0.6) is 0 Å². The van der Waals surface area contributed by atoms with Gasteiger partial charge in [-0.15, -0.1) is 11.3 Å². The highest BCUT2D eigenvalue weighted by atomic mass is 32.1. The van der Waals surface area contributed by atoms with Crippen LogP contribution in [0, 0.1) is 6.92 Å². The minimum absolute atomic E-state index is 0.106. The molecule has 3 atom stereocenters. The van der Waals surface area contributed by atoms with Crippen molar-refractivity contribution in [1.82, 2.24) is 20.9 Å². The van der Waals surface area contributed by atoms with Crippen molar-refractivity contribution in [3.8, 4) is 0 Å². The molecule has 0 aliphatic carbocycles. The maximum absolute atomic E-state index is 12.7. The molecule has 3 N–H and O–H groups in total. The number of aromatic nitrogens is 1. The Labute approximate surface area is 177 Å². The lowest BCUT2D eigenvalue weighted by atomic mass is 10.1. The summed E-state index contributed by atoms with van der Waals surface area (Å²) >= 11 is 1.19. The molecule has 1 aromatic rings. The van der Waals surface area contributed by atoms with Gasteiger partial charge in [0.1, 0.15) is 22.6 Å². The molecule has 0 saturated carbocycles. The van der Waals surface area contributed by atoms with Gasteiger partial charge in [-0.05, 0) is 13.8 Å². The Kier molecular flexibility index (Phi) is 8.41. The second-order valence-corrected chi connectivity index (χ2v) is 8.14. The molecule has 12 heteroatoms. The lowest BCUT2D eigenvalue weighted by Gasteiger charge is -2.22. The average Bonchev–Trinajstić information content (AvgIpc) is 3.31. The first-order chi connectivity index (χ1) is 14.2. The topological polar surface area (TPSA) is 148 Å². The van der Waals surface area contributed by atoms with E-state index in [1.54, 1.807) is 13.8 Å². The van der Waals surface area contributed by atoms with Gasteiger partial charge in [0, 0.05) is 14.2 Å². The first-order valence-electron chi connectivity index (χ1n) is 9.16. The first-order valence-corrected chi connectivity index (χ1v) is 9.98. The number of epoxide rings is 1. The van der Waals surface area contributed by atoms with Gasteiger partial charge in [-0.3, -0.25) is 19.2 Å². The van der Waals surface area contributed by atoms with Crippen molar-refractivity contribution in [2.75, 3.05) is 40.6 Å². The number of hydrogen-bond acceptors (Lipinski definition) is 9. The summed E-state index contributed by atoms with van der Waals surface area (Å²) < 4.78 is 15.1. The molecule has 1 aliphatic rings. The van der Waals surface area contributed by atoms with Crippen LogP contribution >= 0.6 is 11.3 Å². The van der Waals surface area contributed by atoms with Crippen molar-refractivity contribution in [2.24, 2.45) is 0 Å². The van der Waals surface area contributed by atoms with E-state index in [-0.39, 0.29) is 25.5 Å². The number of carbonyl (C=O) groups is 4. The molecule has 1 fully saturated rings. The minimum Gasteiger partial charge on any atom is -0.382 e. The zero-order chi connectivity index (χ0) is 22.3. The number of thiazole rings is 1. The molecule has 0 radical (unpaired) electrons. The van der Waals surface area contributed by atoms with E-state index >= 15 is 0 Å². The average molecular weight is 442 g/mol. The monoisotopic (exact) mass is 442 g/mol. The molecular formula is C18H26N4O7S. The number of nitrogens with one attached hydrogen (secondary N) is 3. The van der Waals surface area contributed by atoms with Gasteiger partial charge in [0.05, 0.1) is 37.6 Å². The van der Waals surface area contributed by atoms with E-state index < -0.39 is 35.4 Å². The number of nitrogens with zero attached hydrogens (tertiary/aromatic N) is 1. The Bertz CT molecular complexity index is 793. The molecule has 30 heavy (non-hydrogen) atoms. The Morgan fingerprint density at radius 3 is 2.27 bits per heavy atom. The van der Waals surface area contributed by atoms with Gasteiger partial charge < -0.3 is 30.2 Å². The van der Waals surface area contributed by atoms with E-state index in [1.807, 2.05) is 0 Å². The van der Waals surface area contributed by atoms with Crippen molar-refractivity contribution in [2.45, 2.75) is 31.5 Å². The zero-order valence-corrected chi connectivity index (χ0v) is 18.1. The van der Waals surface area contributed by atoms with Crippen LogP contribution in [-0.2, 0) is 28.6 Å². The van der Waals surface area contributed by atoms with Gasteiger partial charge in [0.15, 0.2) is 5.78 Å². The molecule has 166 valence electrons. The molecule has 0 aromatic carbocycles. The van der Waals surface area contributed by atoms with Crippen LogP contribution in [0.3, 0.4) is 0 Å². The number of aryl methyl sites for hydroxylation is 1. The third-order valence-corrected chi connectivity index (χ3v) is 5.27. The fourth-order valence-electron chi connectivity index (χ4n) is 2.41. The maximum Gasteiger partial charge on any atom is 0.263 e. The summed E-state index contributed by atoms with van der Waals surface area (Å²) in [5.74, 6) is -1.97. The number of amides is 3. The van der Waals surface area contributed by atoms with Crippen molar-refractivity contribution < 1.29 is 33.4 Å². The van der Waals surface area contributed by atoms with Crippen molar-refractivity contribution in [3.05, 3.63) is 16.1 Å². The zero-order valence-electron chi connectivity index (χ0n) is 17.3. The van der Waals surface area contributed by atoms with E-state index in [4.69, 9.17) is 14.2 Å². The van der Waals surface area contributed by atoms with Crippen LogP contribution < -0.4 is 16.0 Å². The summed E-state index contributed by atoms with van der Waals surface area (Å²) in [4.78, 5) is 53.7. The summed E-state index contributed by atoms with van der Waals surface area (Å²) in [5, 5.41) is 8.26. The fraction of sp³-hybridized carbons (Fsp3) is 0.611. The quantitative estimate of drug-likeness (QED) is 0.342. The highest BCUT2D eigenvalue weighted by Gasteiger charge is 2.46. The smallest absolute Gasteiger partial charge is 0.263 e. The summed E-state index contributed by atoms with van der Waals surface area (Å²) in [6, 6.07) is -2.11. The Morgan fingerprint density at radius 1 is 1.17 bits per heavy atom. The van der Waals surface area contributed by atoms with Crippen LogP contribution in [0.15, 0.2) is 6.20 Å². The molecule has 0 bridgehead atoms. The third kappa shape index (κ3) is 6.55. The molecule has 0 spiro atoms. The van der Waals surface area contributed by atoms with E-state index in [1.165, 1.54) is 31.8 Å². The van der Waals surface area contributed by atoms with Gasteiger partial charge in [-0.25, -0.2) is 4.98 Å². The minimum atomic E-state index is -1.06. The van der Waals surface area contributed by atoms with Crippen LogP contribution in [-0.4, -0.2) is 86.8 Å². The van der Waals surface area contributed by atoms with Crippen LogP contribution in [0.4, 0.5) is 0 Å². The number of ketones is 1. The van der Waals surface area contributed by atoms with E-state index in [9.17, 15) is 19.2 Å². The van der Waals surface area contributed by atoms with Gasteiger partial charge in [0.25, 0.3) is 5.91 Å². The highest BCUT2D eigenvalue weighted by molar-refractivity contribution is 7.13. The number of hydrogen-bond donors (Lipinski definition) is 3.